The number of carbonyl (C=O) groups excluding carboxylic acids is 2. The van der Waals surface area contributed by atoms with Crippen LogP contribution in [0.5, 0.6) is 0 Å². The molecule has 4 aromatic rings. The van der Waals surface area contributed by atoms with E-state index in [4.69, 9.17) is 0 Å². The Morgan fingerprint density at radius 2 is 1.89 bits per heavy atom. The van der Waals surface area contributed by atoms with E-state index in [2.05, 4.69) is 41.3 Å². The maximum atomic E-state index is 12.5. The third-order valence-electron chi connectivity index (χ3n) is 5.52. The van der Waals surface area contributed by atoms with Crippen LogP contribution in [0.2, 0.25) is 0 Å². The second-order valence-corrected chi connectivity index (χ2v) is 8.11. The Morgan fingerprint density at radius 1 is 1.09 bits per heavy atom. The van der Waals surface area contributed by atoms with Crippen molar-refractivity contribution in [2.75, 3.05) is 10.6 Å². The van der Waals surface area contributed by atoms with Crippen molar-refractivity contribution in [3.8, 4) is 0 Å². The number of nitrogens with one attached hydrogen (secondary N) is 4. The summed E-state index contributed by atoms with van der Waals surface area (Å²) in [5.41, 5.74) is 6.91. The van der Waals surface area contributed by atoms with E-state index in [9.17, 15) is 9.59 Å². The Bertz CT molecular complexity index is 1440. The fourth-order valence-corrected chi connectivity index (χ4v) is 3.79. The van der Waals surface area contributed by atoms with Gasteiger partial charge in [0.2, 0.25) is 5.91 Å². The fourth-order valence-electron chi connectivity index (χ4n) is 3.79. The number of pyridine rings is 1. The number of fused-ring (bicyclic) bond motifs is 1. The smallest absolute Gasteiger partial charge is 0.308 e. The van der Waals surface area contributed by atoms with Crippen LogP contribution in [0, 0.1) is 5.92 Å². The zero-order chi connectivity index (χ0) is 24.2. The lowest BCUT2D eigenvalue weighted by atomic mass is 9.94. The van der Waals surface area contributed by atoms with E-state index in [-0.39, 0.29) is 17.9 Å². The van der Waals surface area contributed by atoms with Crippen LogP contribution in [0.4, 0.5) is 22.0 Å². The molecule has 0 saturated carbocycles. The molecule has 4 N–H and O–H groups in total. The van der Waals surface area contributed by atoms with Gasteiger partial charge in [-0.1, -0.05) is 25.1 Å². The summed E-state index contributed by atoms with van der Waals surface area (Å²) in [4.78, 5) is 32.5. The molecule has 1 atom stereocenters. The van der Waals surface area contributed by atoms with Crippen molar-refractivity contribution in [3.63, 3.8) is 0 Å². The molecule has 0 spiro atoms. The molecule has 3 heterocycles. The largest absolute Gasteiger partial charge is 0.323 e. The number of urea groups is 1. The molecule has 0 bridgehead atoms. The second-order valence-electron chi connectivity index (χ2n) is 8.11. The number of aromatic nitrogens is 3. The quantitative estimate of drug-likeness (QED) is 0.327. The zero-order valence-corrected chi connectivity index (χ0v) is 18.8. The Morgan fingerprint density at radius 3 is 2.66 bits per heavy atom. The standard InChI is InChI=1S/C25H22N8O2/c1-15-12-23(34)32-33-24(15)16-5-7-17(8-6-16)28-25(35)29-18-9-10-19-20(13-18)30-31-21(19)14-27-22-4-2-3-11-26-22/h2-11,13-15H,12H2,1H3,(H,30,31)(H,32,34)(H2,28,29,35)/b27-14+. The first-order valence-corrected chi connectivity index (χ1v) is 11.0. The zero-order valence-electron chi connectivity index (χ0n) is 18.8. The van der Waals surface area contributed by atoms with E-state index in [0.29, 0.717) is 29.1 Å². The number of benzene rings is 2. The molecule has 0 radical (unpaired) electrons. The number of nitrogens with zero attached hydrogens (tertiary/aromatic N) is 4. The van der Waals surface area contributed by atoms with Crippen molar-refractivity contribution in [3.05, 3.63) is 78.1 Å². The predicted octanol–water partition coefficient (Wildman–Crippen LogP) is 4.21. The van der Waals surface area contributed by atoms with Crippen LogP contribution in [0.15, 0.2) is 77.0 Å². The van der Waals surface area contributed by atoms with Crippen LogP contribution in [-0.2, 0) is 4.79 Å². The number of hydrogen-bond donors (Lipinski definition) is 4. The molecule has 2 aromatic heterocycles. The van der Waals surface area contributed by atoms with Gasteiger partial charge in [-0.3, -0.25) is 9.89 Å². The minimum atomic E-state index is -0.375. The number of rotatable bonds is 5. The minimum Gasteiger partial charge on any atom is -0.308 e. The van der Waals surface area contributed by atoms with Gasteiger partial charge in [0.15, 0.2) is 5.82 Å². The summed E-state index contributed by atoms with van der Waals surface area (Å²) in [5.74, 6) is 0.550. The maximum Gasteiger partial charge on any atom is 0.323 e. The maximum absolute atomic E-state index is 12.5. The van der Waals surface area contributed by atoms with Crippen LogP contribution in [0.25, 0.3) is 10.9 Å². The van der Waals surface area contributed by atoms with Gasteiger partial charge in [-0.05, 0) is 48.0 Å². The highest BCUT2D eigenvalue weighted by Crippen LogP contribution is 2.21. The lowest BCUT2D eigenvalue weighted by Crippen LogP contribution is -2.31. The first kappa shape index (κ1) is 22.0. The van der Waals surface area contributed by atoms with E-state index in [1.807, 2.05) is 43.3 Å². The van der Waals surface area contributed by atoms with Gasteiger partial charge in [-0.2, -0.15) is 10.2 Å². The van der Waals surface area contributed by atoms with Gasteiger partial charge in [0, 0.05) is 35.3 Å². The van der Waals surface area contributed by atoms with Crippen LogP contribution in [0.3, 0.4) is 0 Å². The summed E-state index contributed by atoms with van der Waals surface area (Å²) in [6.07, 6.45) is 3.76. The highest BCUT2D eigenvalue weighted by Gasteiger charge is 2.21. The Hall–Kier alpha value is -4.86. The molecule has 3 amide bonds. The average molecular weight is 467 g/mol. The van der Waals surface area contributed by atoms with Crippen LogP contribution in [0.1, 0.15) is 24.6 Å². The van der Waals surface area contributed by atoms with Crippen molar-refractivity contribution >= 4 is 52.0 Å². The number of hydrazone groups is 1. The average Bonchev–Trinajstić information content (AvgIpc) is 3.26. The molecule has 2 aromatic carbocycles. The third-order valence-corrected chi connectivity index (χ3v) is 5.52. The Kier molecular flexibility index (Phi) is 6.00. The lowest BCUT2D eigenvalue weighted by molar-refractivity contribution is -0.121. The highest BCUT2D eigenvalue weighted by atomic mass is 16.2. The Labute approximate surface area is 200 Å². The number of anilines is 2. The van der Waals surface area contributed by atoms with E-state index >= 15 is 0 Å². The Balaban J connectivity index is 1.23. The van der Waals surface area contributed by atoms with Gasteiger partial charge in [0.1, 0.15) is 0 Å². The van der Waals surface area contributed by atoms with Gasteiger partial charge in [0.25, 0.3) is 0 Å². The molecule has 0 saturated heterocycles. The molecule has 10 nitrogen and oxygen atoms in total. The van der Waals surface area contributed by atoms with Crippen molar-refractivity contribution in [1.29, 1.82) is 0 Å². The topological polar surface area (TPSA) is 137 Å². The molecule has 1 aliphatic rings. The summed E-state index contributed by atoms with van der Waals surface area (Å²) in [6, 6.07) is 17.9. The third kappa shape index (κ3) is 5.06. The van der Waals surface area contributed by atoms with Crippen molar-refractivity contribution in [1.82, 2.24) is 20.6 Å². The van der Waals surface area contributed by atoms with E-state index < -0.39 is 0 Å². The molecule has 0 aliphatic carbocycles. The molecule has 5 rings (SSSR count). The van der Waals surface area contributed by atoms with Crippen molar-refractivity contribution in [2.24, 2.45) is 16.0 Å². The van der Waals surface area contributed by atoms with Crippen molar-refractivity contribution < 1.29 is 9.59 Å². The molecule has 0 fully saturated rings. The summed E-state index contributed by atoms with van der Waals surface area (Å²) in [7, 11) is 0. The van der Waals surface area contributed by atoms with Gasteiger partial charge in [0.05, 0.1) is 23.1 Å². The number of amides is 3. The molecule has 35 heavy (non-hydrogen) atoms. The summed E-state index contributed by atoms with van der Waals surface area (Å²) in [6.45, 7) is 1.96. The van der Waals surface area contributed by atoms with E-state index in [1.54, 1.807) is 36.7 Å². The molecule has 10 heteroatoms. The molecule has 1 aliphatic heterocycles. The second kappa shape index (κ2) is 9.56. The molecular weight excluding hydrogens is 444 g/mol. The summed E-state index contributed by atoms with van der Waals surface area (Å²) < 4.78 is 0. The molecular formula is C25H22N8O2. The summed E-state index contributed by atoms with van der Waals surface area (Å²) >= 11 is 0. The number of hydrogen-bond acceptors (Lipinski definition) is 6. The monoisotopic (exact) mass is 466 g/mol. The molecule has 174 valence electrons. The first-order valence-electron chi connectivity index (χ1n) is 11.0. The van der Waals surface area contributed by atoms with Crippen LogP contribution >= 0.6 is 0 Å². The number of aliphatic imine (C=N–C) groups is 1. The predicted molar refractivity (Wildman–Crippen MR) is 135 cm³/mol. The lowest BCUT2D eigenvalue weighted by Gasteiger charge is -2.19. The van der Waals surface area contributed by atoms with Gasteiger partial charge >= 0.3 is 6.03 Å². The first-order chi connectivity index (χ1) is 17.0. The van der Waals surface area contributed by atoms with E-state index in [1.165, 1.54) is 0 Å². The number of carbonyl (C=O) groups is 2. The van der Waals surface area contributed by atoms with Crippen molar-refractivity contribution in [2.45, 2.75) is 13.3 Å². The SMILES string of the molecule is CC1CC(=O)NN=C1c1ccc(NC(=O)Nc2ccc3c(/C=N/c4ccccn4)[nH]nc3c2)cc1. The fraction of sp³-hybridized carbons (Fsp3) is 0.120. The number of aromatic amines is 1. The highest BCUT2D eigenvalue weighted by molar-refractivity contribution is 6.06. The van der Waals surface area contributed by atoms with Crippen LogP contribution < -0.4 is 16.1 Å². The van der Waals surface area contributed by atoms with Gasteiger partial charge < -0.3 is 10.6 Å². The minimum absolute atomic E-state index is 0.0320. The van der Waals surface area contributed by atoms with Gasteiger partial charge in [-0.25, -0.2) is 20.2 Å². The summed E-state index contributed by atoms with van der Waals surface area (Å²) in [5, 5.41) is 17.9. The normalized spacial score (nSPS) is 15.6. The van der Waals surface area contributed by atoms with Crippen LogP contribution in [-0.4, -0.2) is 39.0 Å². The van der Waals surface area contributed by atoms with Gasteiger partial charge in [-0.15, -0.1) is 0 Å². The molecule has 1 unspecified atom stereocenters. The number of H-pyrrole nitrogens is 1. The van der Waals surface area contributed by atoms with E-state index in [0.717, 1.165) is 22.4 Å².